The maximum atomic E-state index is 12.2. The zero-order valence-corrected chi connectivity index (χ0v) is 18.7. The van der Waals surface area contributed by atoms with Crippen molar-refractivity contribution in [1.29, 1.82) is 0 Å². The minimum atomic E-state index is -0.572. The van der Waals surface area contributed by atoms with Crippen molar-refractivity contribution < 1.29 is 14.3 Å². The van der Waals surface area contributed by atoms with Crippen LogP contribution in [0.3, 0.4) is 0 Å². The Bertz CT molecular complexity index is 415. The SMILES string of the molecule is CCN(CC)CCOC1CCN(C(=O)CNC(=O)[C@@H](N)C(C)C)CC1.Cl.Cl. The number of hydrogen-bond donors (Lipinski definition) is 2. The highest BCUT2D eigenvalue weighted by molar-refractivity contribution is 5.87. The third-order valence-corrected chi connectivity index (χ3v) is 4.89. The van der Waals surface area contributed by atoms with Gasteiger partial charge in [0.25, 0.3) is 0 Å². The standard InChI is InChI=1S/C18H36N4O3.2ClH/c1-5-21(6-2)11-12-25-15-7-9-22(10-8-15)16(23)13-20-18(24)17(19)14(3)4;;/h14-15,17H,5-13,19H2,1-4H3,(H,20,24);2*1H/t17-;;/m0../s1. The first-order chi connectivity index (χ1) is 11.9. The van der Waals surface area contributed by atoms with Gasteiger partial charge < -0.3 is 25.6 Å². The van der Waals surface area contributed by atoms with Gasteiger partial charge in [0, 0.05) is 19.6 Å². The van der Waals surface area contributed by atoms with E-state index in [1.54, 1.807) is 4.90 Å². The molecule has 2 amide bonds. The van der Waals surface area contributed by atoms with Crippen LogP contribution in [0.4, 0.5) is 0 Å². The molecule has 3 N–H and O–H groups in total. The van der Waals surface area contributed by atoms with E-state index in [-0.39, 0.29) is 55.2 Å². The fourth-order valence-corrected chi connectivity index (χ4v) is 2.86. The Morgan fingerprint density at radius 2 is 1.74 bits per heavy atom. The number of nitrogens with one attached hydrogen (secondary N) is 1. The molecule has 162 valence electrons. The minimum absolute atomic E-state index is 0. The Labute approximate surface area is 176 Å². The maximum absolute atomic E-state index is 12.2. The van der Waals surface area contributed by atoms with Crippen LogP contribution in [0.2, 0.25) is 0 Å². The molecule has 9 heteroatoms. The predicted octanol–water partition coefficient (Wildman–Crippen LogP) is 1.28. The predicted molar refractivity (Wildman–Crippen MR) is 114 cm³/mol. The van der Waals surface area contributed by atoms with Crippen molar-refractivity contribution in [1.82, 2.24) is 15.1 Å². The van der Waals surface area contributed by atoms with Crippen molar-refractivity contribution in [3.8, 4) is 0 Å². The quantitative estimate of drug-likeness (QED) is 0.546. The fourth-order valence-electron chi connectivity index (χ4n) is 2.86. The molecule has 1 atom stereocenters. The van der Waals surface area contributed by atoms with Crippen LogP contribution in [0.5, 0.6) is 0 Å². The van der Waals surface area contributed by atoms with E-state index in [0.717, 1.165) is 39.1 Å². The van der Waals surface area contributed by atoms with Crippen LogP contribution < -0.4 is 11.1 Å². The molecule has 0 radical (unpaired) electrons. The van der Waals surface area contributed by atoms with E-state index in [4.69, 9.17) is 10.5 Å². The zero-order chi connectivity index (χ0) is 18.8. The second-order valence-corrected chi connectivity index (χ2v) is 6.97. The Balaban J connectivity index is 0. The van der Waals surface area contributed by atoms with Crippen molar-refractivity contribution in [3.05, 3.63) is 0 Å². The van der Waals surface area contributed by atoms with Gasteiger partial charge in [-0.25, -0.2) is 0 Å². The molecule has 1 aliphatic heterocycles. The number of nitrogens with two attached hydrogens (primary N) is 1. The molecule has 0 aliphatic carbocycles. The molecule has 0 spiro atoms. The van der Waals surface area contributed by atoms with Gasteiger partial charge in [0.2, 0.25) is 11.8 Å². The molecule has 1 fully saturated rings. The van der Waals surface area contributed by atoms with E-state index in [0.29, 0.717) is 13.1 Å². The van der Waals surface area contributed by atoms with Crippen molar-refractivity contribution in [2.75, 3.05) is 45.9 Å². The van der Waals surface area contributed by atoms with Crippen LogP contribution in [0.15, 0.2) is 0 Å². The van der Waals surface area contributed by atoms with E-state index in [1.165, 1.54) is 0 Å². The molecule has 1 rings (SSSR count). The van der Waals surface area contributed by atoms with Crippen molar-refractivity contribution in [2.45, 2.75) is 52.7 Å². The van der Waals surface area contributed by atoms with Crippen molar-refractivity contribution in [2.24, 2.45) is 11.7 Å². The molecule has 0 aromatic rings. The third-order valence-electron chi connectivity index (χ3n) is 4.89. The number of amides is 2. The summed E-state index contributed by atoms with van der Waals surface area (Å²) in [5, 5.41) is 2.64. The number of halogens is 2. The highest BCUT2D eigenvalue weighted by Crippen LogP contribution is 2.13. The van der Waals surface area contributed by atoms with Gasteiger partial charge in [0.1, 0.15) is 0 Å². The molecule has 27 heavy (non-hydrogen) atoms. The number of likely N-dealkylation sites (tertiary alicyclic amines) is 1. The molecular formula is C18H38Cl2N4O3. The molecule has 1 heterocycles. The normalized spacial score (nSPS) is 15.9. The molecule has 0 bridgehead atoms. The monoisotopic (exact) mass is 428 g/mol. The largest absolute Gasteiger partial charge is 0.377 e. The van der Waals surface area contributed by atoms with Gasteiger partial charge in [0.05, 0.1) is 25.3 Å². The number of nitrogens with zero attached hydrogens (tertiary/aromatic N) is 2. The minimum Gasteiger partial charge on any atom is -0.377 e. The van der Waals surface area contributed by atoms with Gasteiger partial charge in [-0.3, -0.25) is 9.59 Å². The number of carbonyl (C=O) groups excluding carboxylic acids is 2. The van der Waals surface area contributed by atoms with E-state index in [2.05, 4.69) is 24.1 Å². The van der Waals surface area contributed by atoms with Gasteiger partial charge in [-0.15, -0.1) is 24.8 Å². The Kier molecular flexibility index (Phi) is 16.3. The molecule has 1 aliphatic rings. The summed E-state index contributed by atoms with van der Waals surface area (Å²) in [5.74, 6) is -0.261. The van der Waals surface area contributed by atoms with Gasteiger partial charge in [0.15, 0.2) is 0 Å². The summed E-state index contributed by atoms with van der Waals surface area (Å²) in [6.07, 6.45) is 1.93. The topological polar surface area (TPSA) is 87.9 Å². The molecule has 1 saturated heterocycles. The summed E-state index contributed by atoms with van der Waals surface area (Å²) in [6.45, 7) is 13.2. The van der Waals surface area contributed by atoms with E-state index >= 15 is 0 Å². The number of hydrogen-bond acceptors (Lipinski definition) is 5. The van der Waals surface area contributed by atoms with Gasteiger partial charge in [-0.1, -0.05) is 27.7 Å². The first kappa shape index (κ1) is 28.6. The molecule has 7 nitrogen and oxygen atoms in total. The van der Waals surface area contributed by atoms with E-state index in [1.807, 2.05) is 13.8 Å². The smallest absolute Gasteiger partial charge is 0.241 e. The summed E-state index contributed by atoms with van der Waals surface area (Å²) in [6, 6.07) is -0.572. The summed E-state index contributed by atoms with van der Waals surface area (Å²) in [5.41, 5.74) is 5.77. The summed E-state index contributed by atoms with van der Waals surface area (Å²) < 4.78 is 5.94. The first-order valence-electron chi connectivity index (χ1n) is 9.54. The van der Waals surface area contributed by atoms with Gasteiger partial charge in [-0.05, 0) is 31.8 Å². The number of rotatable bonds is 10. The second kappa shape index (κ2) is 15.3. The lowest BCUT2D eigenvalue weighted by Gasteiger charge is -2.32. The van der Waals surface area contributed by atoms with Crippen LogP contribution in [0, 0.1) is 5.92 Å². The molecule has 0 aromatic carbocycles. The molecule has 0 aromatic heterocycles. The lowest BCUT2D eigenvalue weighted by Crippen LogP contribution is -2.49. The molecule has 0 unspecified atom stereocenters. The Hall–Kier alpha value is -0.600. The van der Waals surface area contributed by atoms with Gasteiger partial charge in [-0.2, -0.15) is 0 Å². The van der Waals surface area contributed by atoms with E-state index in [9.17, 15) is 9.59 Å². The molecule has 0 saturated carbocycles. The average molecular weight is 429 g/mol. The fraction of sp³-hybridized carbons (Fsp3) is 0.889. The van der Waals surface area contributed by atoms with Crippen molar-refractivity contribution in [3.63, 3.8) is 0 Å². The summed E-state index contributed by atoms with van der Waals surface area (Å²) >= 11 is 0. The molecular weight excluding hydrogens is 391 g/mol. The average Bonchev–Trinajstić information content (AvgIpc) is 2.62. The summed E-state index contributed by atoms with van der Waals surface area (Å²) in [4.78, 5) is 28.2. The van der Waals surface area contributed by atoms with Crippen LogP contribution in [-0.4, -0.2) is 79.6 Å². The van der Waals surface area contributed by atoms with Gasteiger partial charge >= 0.3 is 0 Å². The number of piperidine rings is 1. The van der Waals surface area contributed by atoms with Crippen LogP contribution in [0.1, 0.15) is 40.5 Å². The van der Waals surface area contributed by atoms with Crippen molar-refractivity contribution >= 4 is 36.6 Å². The van der Waals surface area contributed by atoms with Crippen LogP contribution >= 0.6 is 24.8 Å². The van der Waals surface area contributed by atoms with E-state index < -0.39 is 6.04 Å². The Morgan fingerprint density at radius 3 is 2.22 bits per heavy atom. The highest BCUT2D eigenvalue weighted by atomic mass is 35.5. The first-order valence-corrected chi connectivity index (χ1v) is 9.54. The van der Waals surface area contributed by atoms with Crippen LogP contribution in [-0.2, 0) is 14.3 Å². The number of carbonyl (C=O) groups is 2. The lowest BCUT2D eigenvalue weighted by atomic mass is 10.1. The summed E-state index contributed by atoms with van der Waals surface area (Å²) in [7, 11) is 0. The second-order valence-electron chi connectivity index (χ2n) is 6.97. The lowest BCUT2D eigenvalue weighted by molar-refractivity contribution is -0.135. The Morgan fingerprint density at radius 1 is 1.19 bits per heavy atom. The third kappa shape index (κ3) is 10.5. The maximum Gasteiger partial charge on any atom is 0.241 e. The number of ether oxygens (including phenoxy) is 1. The zero-order valence-electron chi connectivity index (χ0n) is 17.1. The number of likely N-dealkylation sites (N-methyl/N-ethyl adjacent to an activating group) is 1. The van der Waals surface area contributed by atoms with Crippen LogP contribution in [0.25, 0.3) is 0 Å². The highest BCUT2D eigenvalue weighted by Gasteiger charge is 2.24.